The first-order chi connectivity index (χ1) is 10.5. The van der Waals surface area contributed by atoms with Crippen molar-refractivity contribution in [3.8, 4) is 0 Å². The SMILES string of the molecule is Cc1cc(N2CCC(NCc3c(C)cnn3C)C2=O)n(C)n1. The molecule has 1 atom stereocenters. The van der Waals surface area contributed by atoms with Gasteiger partial charge in [-0.25, -0.2) is 0 Å². The van der Waals surface area contributed by atoms with Crippen LogP contribution in [0.5, 0.6) is 0 Å². The van der Waals surface area contributed by atoms with Crippen molar-refractivity contribution in [3.05, 3.63) is 29.2 Å². The summed E-state index contributed by atoms with van der Waals surface area (Å²) in [7, 11) is 3.79. The number of hydrogen-bond donors (Lipinski definition) is 1. The van der Waals surface area contributed by atoms with Gasteiger partial charge < -0.3 is 5.32 Å². The summed E-state index contributed by atoms with van der Waals surface area (Å²) in [6.45, 7) is 5.34. The van der Waals surface area contributed by atoms with Crippen LogP contribution in [-0.2, 0) is 25.4 Å². The van der Waals surface area contributed by atoms with E-state index in [1.54, 1.807) is 4.68 Å². The number of amides is 1. The average molecular weight is 302 g/mol. The van der Waals surface area contributed by atoms with Crippen LogP contribution in [0.15, 0.2) is 12.3 Å². The molecule has 3 heterocycles. The molecule has 0 saturated carbocycles. The van der Waals surface area contributed by atoms with Gasteiger partial charge in [-0.1, -0.05) is 0 Å². The highest BCUT2D eigenvalue weighted by atomic mass is 16.2. The third-order valence-corrected chi connectivity index (χ3v) is 4.25. The first-order valence-corrected chi connectivity index (χ1v) is 7.50. The quantitative estimate of drug-likeness (QED) is 0.901. The van der Waals surface area contributed by atoms with Gasteiger partial charge in [0.15, 0.2) is 0 Å². The lowest BCUT2D eigenvalue weighted by atomic mass is 10.2. The van der Waals surface area contributed by atoms with Crippen molar-refractivity contribution in [1.82, 2.24) is 24.9 Å². The maximum atomic E-state index is 12.6. The lowest BCUT2D eigenvalue weighted by Gasteiger charge is -2.17. The Morgan fingerprint density at radius 2 is 2.09 bits per heavy atom. The van der Waals surface area contributed by atoms with Crippen LogP contribution in [0.25, 0.3) is 0 Å². The van der Waals surface area contributed by atoms with E-state index in [1.165, 1.54) is 0 Å². The number of rotatable bonds is 4. The molecule has 7 heteroatoms. The second kappa shape index (κ2) is 5.57. The number of nitrogens with one attached hydrogen (secondary N) is 1. The number of carbonyl (C=O) groups excluding carboxylic acids is 1. The summed E-state index contributed by atoms with van der Waals surface area (Å²) in [5, 5.41) is 11.9. The van der Waals surface area contributed by atoms with Crippen molar-refractivity contribution < 1.29 is 4.79 Å². The molecule has 0 aromatic carbocycles. The van der Waals surface area contributed by atoms with E-state index in [0.29, 0.717) is 6.54 Å². The second-order valence-corrected chi connectivity index (χ2v) is 5.88. The topological polar surface area (TPSA) is 68.0 Å². The first kappa shape index (κ1) is 14.8. The van der Waals surface area contributed by atoms with Gasteiger partial charge >= 0.3 is 0 Å². The molecule has 2 aromatic rings. The van der Waals surface area contributed by atoms with E-state index in [4.69, 9.17) is 0 Å². The zero-order valence-corrected chi connectivity index (χ0v) is 13.5. The Balaban J connectivity index is 1.68. The molecule has 118 valence electrons. The molecule has 7 nitrogen and oxygen atoms in total. The van der Waals surface area contributed by atoms with Crippen LogP contribution in [0.3, 0.4) is 0 Å². The normalized spacial score (nSPS) is 18.5. The van der Waals surface area contributed by atoms with Gasteiger partial charge in [-0.05, 0) is 25.8 Å². The monoisotopic (exact) mass is 302 g/mol. The predicted octanol–water partition coefficient (Wildman–Crippen LogP) is 0.666. The van der Waals surface area contributed by atoms with Gasteiger partial charge in [0, 0.05) is 33.3 Å². The summed E-state index contributed by atoms with van der Waals surface area (Å²) in [4.78, 5) is 14.4. The Labute approximate surface area is 129 Å². The number of aryl methyl sites for hydroxylation is 4. The largest absolute Gasteiger partial charge is 0.300 e. The van der Waals surface area contributed by atoms with Crippen molar-refractivity contribution in [3.63, 3.8) is 0 Å². The molecule has 0 spiro atoms. The van der Waals surface area contributed by atoms with E-state index in [-0.39, 0.29) is 11.9 Å². The van der Waals surface area contributed by atoms with E-state index < -0.39 is 0 Å². The molecule has 1 fully saturated rings. The number of anilines is 1. The summed E-state index contributed by atoms with van der Waals surface area (Å²) >= 11 is 0. The molecule has 1 saturated heterocycles. The molecule has 22 heavy (non-hydrogen) atoms. The average Bonchev–Trinajstić information content (AvgIpc) is 3.08. The molecule has 1 aliphatic heterocycles. The summed E-state index contributed by atoms with van der Waals surface area (Å²) in [5.74, 6) is 0.978. The molecule has 0 bridgehead atoms. The molecule has 1 unspecified atom stereocenters. The zero-order valence-electron chi connectivity index (χ0n) is 13.5. The standard InChI is InChI=1S/C15H22N6O/c1-10-8-17-19(3)13(10)9-16-12-5-6-21(15(12)22)14-7-11(2)18-20(14)4/h7-8,12,16H,5-6,9H2,1-4H3. The maximum Gasteiger partial charge on any atom is 0.245 e. The van der Waals surface area contributed by atoms with Gasteiger partial charge in [-0.15, -0.1) is 0 Å². The van der Waals surface area contributed by atoms with Gasteiger partial charge in [-0.2, -0.15) is 10.2 Å². The molecule has 0 radical (unpaired) electrons. The predicted molar refractivity (Wildman–Crippen MR) is 83.5 cm³/mol. The van der Waals surface area contributed by atoms with Gasteiger partial charge in [0.2, 0.25) is 5.91 Å². The van der Waals surface area contributed by atoms with Gasteiger partial charge in [-0.3, -0.25) is 19.1 Å². The highest BCUT2D eigenvalue weighted by Gasteiger charge is 2.33. The Hall–Kier alpha value is -2.15. The number of nitrogens with zero attached hydrogens (tertiary/aromatic N) is 5. The van der Waals surface area contributed by atoms with Crippen LogP contribution in [0.1, 0.15) is 23.4 Å². The molecule has 3 rings (SSSR count). The lowest BCUT2D eigenvalue weighted by molar-refractivity contribution is -0.118. The summed E-state index contributed by atoms with van der Waals surface area (Å²) in [5.41, 5.74) is 3.18. The van der Waals surface area contributed by atoms with E-state index in [0.717, 1.165) is 35.7 Å². The third kappa shape index (κ3) is 2.52. The minimum Gasteiger partial charge on any atom is -0.300 e. The number of aromatic nitrogens is 4. The highest BCUT2D eigenvalue weighted by molar-refractivity contribution is 5.98. The minimum atomic E-state index is -0.149. The fourth-order valence-electron chi connectivity index (χ4n) is 2.99. The van der Waals surface area contributed by atoms with E-state index in [1.807, 2.05) is 49.8 Å². The summed E-state index contributed by atoms with van der Waals surface area (Å²) in [6, 6.07) is 1.80. The van der Waals surface area contributed by atoms with Crippen LogP contribution < -0.4 is 10.2 Å². The zero-order chi connectivity index (χ0) is 15.9. The van der Waals surface area contributed by atoms with E-state index in [9.17, 15) is 4.79 Å². The van der Waals surface area contributed by atoms with Crippen molar-refractivity contribution in [2.75, 3.05) is 11.4 Å². The smallest absolute Gasteiger partial charge is 0.245 e. The Morgan fingerprint density at radius 3 is 2.68 bits per heavy atom. The molecular weight excluding hydrogens is 280 g/mol. The van der Waals surface area contributed by atoms with Gasteiger partial charge in [0.25, 0.3) is 0 Å². The van der Waals surface area contributed by atoms with Crippen LogP contribution in [0.2, 0.25) is 0 Å². The highest BCUT2D eigenvalue weighted by Crippen LogP contribution is 2.22. The molecule has 0 aliphatic carbocycles. The van der Waals surface area contributed by atoms with Crippen molar-refractivity contribution in [2.24, 2.45) is 14.1 Å². The van der Waals surface area contributed by atoms with E-state index in [2.05, 4.69) is 15.5 Å². The molecule has 1 amide bonds. The maximum absolute atomic E-state index is 12.6. The molecule has 2 aromatic heterocycles. The van der Waals surface area contributed by atoms with Crippen LogP contribution in [0.4, 0.5) is 5.82 Å². The Kier molecular flexibility index (Phi) is 3.74. The number of carbonyl (C=O) groups is 1. The summed E-state index contributed by atoms with van der Waals surface area (Å²) in [6.07, 6.45) is 2.65. The fourth-order valence-corrected chi connectivity index (χ4v) is 2.99. The first-order valence-electron chi connectivity index (χ1n) is 7.50. The van der Waals surface area contributed by atoms with E-state index >= 15 is 0 Å². The lowest BCUT2D eigenvalue weighted by Crippen LogP contribution is -2.39. The fraction of sp³-hybridized carbons (Fsp3) is 0.533. The van der Waals surface area contributed by atoms with Crippen molar-refractivity contribution >= 4 is 11.7 Å². The molecule has 1 N–H and O–H groups in total. The van der Waals surface area contributed by atoms with Crippen LogP contribution in [0, 0.1) is 13.8 Å². The summed E-state index contributed by atoms with van der Waals surface area (Å²) < 4.78 is 3.62. The number of hydrogen-bond acceptors (Lipinski definition) is 4. The molecular formula is C15H22N6O. The van der Waals surface area contributed by atoms with Crippen LogP contribution in [-0.4, -0.2) is 38.1 Å². The van der Waals surface area contributed by atoms with Crippen molar-refractivity contribution in [2.45, 2.75) is 32.9 Å². The van der Waals surface area contributed by atoms with Gasteiger partial charge in [0.05, 0.1) is 23.6 Å². The molecule has 1 aliphatic rings. The van der Waals surface area contributed by atoms with Gasteiger partial charge in [0.1, 0.15) is 5.82 Å². The van der Waals surface area contributed by atoms with Crippen LogP contribution >= 0.6 is 0 Å². The third-order valence-electron chi connectivity index (χ3n) is 4.25. The Morgan fingerprint density at radius 1 is 1.32 bits per heavy atom. The minimum absolute atomic E-state index is 0.114. The van der Waals surface area contributed by atoms with Crippen molar-refractivity contribution in [1.29, 1.82) is 0 Å². The second-order valence-electron chi connectivity index (χ2n) is 5.88. The Bertz CT molecular complexity index is 681.